The number of hydrogen-bond acceptors (Lipinski definition) is 1. The summed E-state index contributed by atoms with van der Waals surface area (Å²) < 4.78 is 2.28. The lowest BCUT2D eigenvalue weighted by molar-refractivity contribution is 0.660. The molecule has 1 N–H and O–H groups in total. The molecule has 2 heteroatoms. The molecule has 0 fully saturated rings. The summed E-state index contributed by atoms with van der Waals surface area (Å²) in [7, 11) is 2.14. The molecule has 0 atom stereocenters. The zero-order valence-electron chi connectivity index (χ0n) is 20.8. The second-order valence-electron chi connectivity index (χ2n) is 10.4. The maximum atomic E-state index is 3.63. The van der Waals surface area contributed by atoms with Gasteiger partial charge < -0.3 is 9.88 Å². The largest absolute Gasteiger partial charge is 0.356 e. The number of rotatable bonds is 3. The number of benzene rings is 5. The van der Waals surface area contributed by atoms with Crippen LogP contribution in [-0.4, -0.2) is 4.57 Å². The van der Waals surface area contributed by atoms with Gasteiger partial charge in [0.05, 0.1) is 0 Å². The fraction of sp³-hybridized carbons (Fsp3) is 0.118. The highest BCUT2D eigenvalue weighted by atomic mass is 14.9. The van der Waals surface area contributed by atoms with Crippen molar-refractivity contribution in [2.75, 3.05) is 5.32 Å². The number of nitrogens with zero attached hydrogens (tertiary/aromatic N) is 1. The topological polar surface area (TPSA) is 17.0 Å². The molecule has 0 radical (unpaired) electrons. The fourth-order valence-electron chi connectivity index (χ4n) is 6.04. The van der Waals surface area contributed by atoms with Gasteiger partial charge in [0, 0.05) is 45.6 Å². The Balaban J connectivity index is 1.19. The highest BCUT2D eigenvalue weighted by Crippen LogP contribution is 2.49. The first-order valence-electron chi connectivity index (χ1n) is 12.6. The Morgan fingerprint density at radius 3 is 2.08 bits per heavy atom. The number of anilines is 2. The van der Waals surface area contributed by atoms with Gasteiger partial charge in [-0.1, -0.05) is 80.6 Å². The smallest absolute Gasteiger partial charge is 0.0489 e. The maximum absolute atomic E-state index is 3.63. The van der Waals surface area contributed by atoms with Crippen LogP contribution in [0.2, 0.25) is 0 Å². The molecule has 0 amide bonds. The number of hydrogen-bond donors (Lipinski definition) is 1. The molecule has 36 heavy (non-hydrogen) atoms. The summed E-state index contributed by atoms with van der Waals surface area (Å²) >= 11 is 0. The molecule has 0 saturated carbocycles. The minimum Gasteiger partial charge on any atom is -0.356 e. The number of fused-ring (bicyclic) bond motifs is 6. The summed E-state index contributed by atoms with van der Waals surface area (Å²) in [5, 5.41) is 6.23. The van der Waals surface area contributed by atoms with Crippen molar-refractivity contribution in [3.8, 4) is 22.3 Å². The van der Waals surface area contributed by atoms with E-state index in [2.05, 4.69) is 140 Å². The molecule has 5 aromatic carbocycles. The lowest BCUT2D eigenvalue weighted by Crippen LogP contribution is -2.15. The monoisotopic (exact) mass is 464 g/mol. The van der Waals surface area contributed by atoms with Crippen molar-refractivity contribution in [3.63, 3.8) is 0 Å². The molecule has 0 unspecified atom stereocenters. The molecule has 2 nitrogen and oxygen atoms in total. The zero-order valence-corrected chi connectivity index (χ0v) is 20.8. The molecule has 1 aromatic heterocycles. The van der Waals surface area contributed by atoms with Crippen molar-refractivity contribution < 1.29 is 0 Å². The van der Waals surface area contributed by atoms with E-state index in [1.54, 1.807) is 0 Å². The maximum Gasteiger partial charge on any atom is 0.0489 e. The SMILES string of the molecule is Cn1c2ccccc2c2cc(-c3ccc(Nc4ccc5c(c4)C(C)(C)c4ccccc4-5)cc3)ccc21. The van der Waals surface area contributed by atoms with Crippen molar-refractivity contribution >= 4 is 33.2 Å². The highest BCUT2D eigenvalue weighted by Gasteiger charge is 2.35. The van der Waals surface area contributed by atoms with Crippen LogP contribution in [-0.2, 0) is 12.5 Å². The van der Waals surface area contributed by atoms with Gasteiger partial charge in [-0.05, 0) is 75.8 Å². The second kappa shape index (κ2) is 7.60. The third-order valence-corrected chi connectivity index (χ3v) is 8.00. The summed E-state index contributed by atoms with van der Waals surface area (Å²) in [5.74, 6) is 0. The van der Waals surface area contributed by atoms with Crippen molar-refractivity contribution in [2.45, 2.75) is 19.3 Å². The van der Waals surface area contributed by atoms with E-state index < -0.39 is 0 Å². The van der Waals surface area contributed by atoms with E-state index in [1.807, 2.05) is 0 Å². The molecule has 6 aromatic rings. The van der Waals surface area contributed by atoms with E-state index in [9.17, 15) is 0 Å². The fourth-order valence-corrected chi connectivity index (χ4v) is 6.04. The molecule has 7 rings (SSSR count). The van der Waals surface area contributed by atoms with Crippen LogP contribution in [0.4, 0.5) is 11.4 Å². The summed E-state index contributed by atoms with van der Waals surface area (Å²) in [4.78, 5) is 0. The quantitative estimate of drug-likeness (QED) is 0.276. The van der Waals surface area contributed by atoms with Crippen molar-refractivity contribution in [1.29, 1.82) is 0 Å². The summed E-state index contributed by atoms with van der Waals surface area (Å²) in [6.45, 7) is 4.64. The van der Waals surface area contributed by atoms with Gasteiger partial charge in [-0.3, -0.25) is 0 Å². The number of aryl methyl sites for hydroxylation is 1. The lowest BCUT2D eigenvalue weighted by Gasteiger charge is -2.22. The van der Waals surface area contributed by atoms with E-state index in [-0.39, 0.29) is 5.41 Å². The van der Waals surface area contributed by atoms with E-state index in [4.69, 9.17) is 0 Å². The van der Waals surface area contributed by atoms with E-state index >= 15 is 0 Å². The predicted molar refractivity (Wildman–Crippen MR) is 153 cm³/mol. The normalized spacial score (nSPS) is 13.6. The Kier molecular flexibility index (Phi) is 4.44. The Bertz CT molecular complexity index is 1780. The third kappa shape index (κ3) is 3.04. The second-order valence-corrected chi connectivity index (χ2v) is 10.4. The van der Waals surface area contributed by atoms with Crippen LogP contribution in [0.3, 0.4) is 0 Å². The van der Waals surface area contributed by atoms with Gasteiger partial charge in [-0.15, -0.1) is 0 Å². The zero-order chi connectivity index (χ0) is 24.4. The Hall–Kier alpha value is -4.30. The van der Waals surface area contributed by atoms with Crippen LogP contribution < -0.4 is 5.32 Å². The molecule has 0 aliphatic heterocycles. The van der Waals surface area contributed by atoms with Crippen molar-refractivity contribution in [3.05, 3.63) is 120 Å². The van der Waals surface area contributed by atoms with E-state index in [1.165, 1.54) is 55.2 Å². The number of nitrogens with one attached hydrogen (secondary N) is 1. The first kappa shape index (κ1) is 21.0. The van der Waals surface area contributed by atoms with Gasteiger partial charge in [0.15, 0.2) is 0 Å². The van der Waals surface area contributed by atoms with Crippen LogP contribution >= 0.6 is 0 Å². The van der Waals surface area contributed by atoms with Crippen LogP contribution in [0.15, 0.2) is 109 Å². The third-order valence-electron chi connectivity index (χ3n) is 8.00. The minimum absolute atomic E-state index is 0.00767. The molecule has 0 bridgehead atoms. The Labute approximate surface area is 211 Å². The predicted octanol–water partition coefficient (Wildman–Crippen LogP) is 9.05. The molecule has 0 spiro atoms. The number of para-hydroxylation sites is 1. The average molecular weight is 465 g/mol. The molecule has 0 saturated heterocycles. The van der Waals surface area contributed by atoms with Gasteiger partial charge in [-0.25, -0.2) is 0 Å². The molecule has 1 heterocycles. The first-order valence-corrected chi connectivity index (χ1v) is 12.6. The molecule has 174 valence electrons. The van der Waals surface area contributed by atoms with Crippen molar-refractivity contribution in [2.24, 2.45) is 7.05 Å². The summed E-state index contributed by atoms with van der Waals surface area (Å²) in [6.07, 6.45) is 0. The van der Waals surface area contributed by atoms with E-state index in [0.29, 0.717) is 0 Å². The molecular weight excluding hydrogens is 436 g/mol. The van der Waals surface area contributed by atoms with Crippen LogP contribution in [0.5, 0.6) is 0 Å². The van der Waals surface area contributed by atoms with Crippen LogP contribution in [0, 0.1) is 0 Å². The summed E-state index contributed by atoms with van der Waals surface area (Å²) in [5.41, 5.74) is 12.7. The standard InChI is InChI=1S/C34H28N2/c1-34(2)30-10-6-4-8-26(30)27-18-17-25(21-31(27)34)35-24-15-12-22(13-16-24)23-14-19-33-29(20-23)28-9-5-7-11-32(28)36(33)3/h4-21,35H,1-3H3. The van der Waals surface area contributed by atoms with Gasteiger partial charge in [0.2, 0.25) is 0 Å². The average Bonchev–Trinajstić information content (AvgIpc) is 3.32. The highest BCUT2D eigenvalue weighted by molar-refractivity contribution is 6.09. The minimum atomic E-state index is 0.00767. The summed E-state index contributed by atoms with van der Waals surface area (Å²) in [6, 6.07) is 39.7. The Morgan fingerprint density at radius 1 is 0.556 bits per heavy atom. The van der Waals surface area contributed by atoms with Crippen LogP contribution in [0.1, 0.15) is 25.0 Å². The first-order chi connectivity index (χ1) is 17.5. The van der Waals surface area contributed by atoms with Gasteiger partial charge in [0.1, 0.15) is 0 Å². The molecule has 1 aliphatic carbocycles. The number of aromatic nitrogens is 1. The Morgan fingerprint density at radius 2 is 1.22 bits per heavy atom. The van der Waals surface area contributed by atoms with Crippen LogP contribution in [0.25, 0.3) is 44.1 Å². The van der Waals surface area contributed by atoms with Gasteiger partial charge >= 0.3 is 0 Å². The van der Waals surface area contributed by atoms with Gasteiger partial charge in [-0.2, -0.15) is 0 Å². The molecular formula is C34H28N2. The van der Waals surface area contributed by atoms with Crippen molar-refractivity contribution in [1.82, 2.24) is 4.57 Å². The van der Waals surface area contributed by atoms with Gasteiger partial charge in [0.25, 0.3) is 0 Å². The molecule has 1 aliphatic rings. The van der Waals surface area contributed by atoms with E-state index in [0.717, 1.165) is 11.4 Å². The lowest BCUT2D eigenvalue weighted by atomic mass is 9.82.